The zero-order valence-corrected chi connectivity index (χ0v) is 23.0. The molecule has 3 aromatic rings. The molecule has 1 aliphatic rings. The van der Waals surface area contributed by atoms with Crippen LogP contribution in [0, 0.1) is 18.7 Å². The predicted octanol–water partition coefficient (Wildman–Crippen LogP) is 6.47. The van der Waals surface area contributed by atoms with Crippen molar-refractivity contribution in [3.05, 3.63) is 87.7 Å². The summed E-state index contributed by atoms with van der Waals surface area (Å²) in [5.74, 6) is -1.04. The van der Waals surface area contributed by atoms with Gasteiger partial charge in [0.05, 0.1) is 37.5 Å². The number of anilines is 1. The molecule has 3 aromatic carbocycles. The highest BCUT2D eigenvalue weighted by Crippen LogP contribution is 2.45. The second-order valence-electron chi connectivity index (χ2n) is 9.57. The van der Waals surface area contributed by atoms with Gasteiger partial charge < -0.3 is 19.3 Å². The first-order valence-electron chi connectivity index (χ1n) is 12.3. The van der Waals surface area contributed by atoms with Gasteiger partial charge in [0.1, 0.15) is 17.3 Å². The van der Waals surface area contributed by atoms with E-state index in [1.807, 2.05) is 20.8 Å². The van der Waals surface area contributed by atoms with E-state index in [1.165, 1.54) is 31.3 Å². The molecule has 1 unspecified atom stereocenters. The molecule has 1 aliphatic heterocycles. The smallest absolute Gasteiger partial charge is 0.300 e. The molecule has 204 valence electrons. The lowest BCUT2D eigenvalue weighted by atomic mass is 9.94. The Morgan fingerprint density at radius 2 is 1.69 bits per heavy atom. The van der Waals surface area contributed by atoms with Crippen LogP contribution in [0.1, 0.15) is 36.6 Å². The second-order valence-corrected chi connectivity index (χ2v) is 9.97. The maximum Gasteiger partial charge on any atom is 0.300 e. The van der Waals surface area contributed by atoms with Crippen LogP contribution in [-0.4, -0.2) is 37.6 Å². The number of hydrogen-bond donors (Lipinski definition) is 1. The monoisotopic (exact) mass is 553 g/mol. The van der Waals surface area contributed by atoms with E-state index < -0.39 is 23.5 Å². The van der Waals surface area contributed by atoms with Crippen LogP contribution >= 0.6 is 11.6 Å². The molecule has 39 heavy (non-hydrogen) atoms. The SMILES string of the molecule is COc1ccc(C2/C(=C(\O)c3ccc(OCC(C)C)c(C)c3)C(=O)C(=O)N2c2ccc(F)c(Cl)c2)cc1OC. The Bertz CT molecular complexity index is 1470. The third kappa shape index (κ3) is 5.43. The number of benzene rings is 3. The van der Waals surface area contributed by atoms with Crippen molar-refractivity contribution in [3.8, 4) is 17.2 Å². The number of methoxy groups -OCH3 is 2. The third-order valence-corrected chi connectivity index (χ3v) is 6.66. The lowest BCUT2D eigenvalue weighted by Gasteiger charge is -2.26. The minimum atomic E-state index is -1.07. The first-order valence-corrected chi connectivity index (χ1v) is 12.7. The molecule has 0 spiro atoms. The summed E-state index contributed by atoms with van der Waals surface area (Å²) in [7, 11) is 2.95. The van der Waals surface area contributed by atoms with Crippen molar-refractivity contribution in [1.29, 1.82) is 0 Å². The number of amides is 1. The molecule has 1 amide bonds. The van der Waals surface area contributed by atoms with E-state index in [0.717, 1.165) is 11.6 Å². The molecule has 1 heterocycles. The molecular formula is C30H29ClFNO6. The quantitative estimate of drug-likeness (QED) is 0.196. The fourth-order valence-corrected chi connectivity index (χ4v) is 4.62. The molecule has 0 radical (unpaired) electrons. The van der Waals surface area contributed by atoms with Gasteiger partial charge in [-0.2, -0.15) is 0 Å². The number of aliphatic hydroxyl groups excluding tert-OH is 1. The van der Waals surface area contributed by atoms with Crippen LogP contribution in [0.4, 0.5) is 10.1 Å². The van der Waals surface area contributed by atoms with E-state index in [2.05, 4.69) is 0 Å². The summed E-state index contributed by atoms with van der Waals surface area (Å²) in [4.78, 5) is 28.0. The van der Waals surface area contributed by atoms with Gasteiger partial charge in [-0.25, -0.2) is 4.39 Å². The van der Waals surface area contributed by atoms with Crippen LogP contribution in [0.25, 0.3) is 5.76 Å². The second kappa shape index (κ2) is 11.4. The van der Waals surface area contributed by atoms with Crippen molar-refractivity contribution >= 4 is 34.7 Å². The summed E-state index contributed by atoms with van der Waals surface area (Å²) in [6, 6.07) is 12.6. The van der Waals surface area contributed by atoms with Gasteiger partial charge >= 0.3 is 0 Å². The van der Waals surface area contributed by atoms with Gasteiger partial charge in [0.25, 0.3) is 11.7 Å². The summed E-state index contributed by atoms with van der Waals surface area (Å²) >= 11 is 6.02. The van der Waals surface area contributed by atoms with E-state index in [9.17, 15) is 19.1 Å². The number of Topliss-reactive ketones (excluding diaryl/α,β-unsaturated/α-hetero) is 1. The van der Waals surface area contributed by atoms with Crippen molar-refractivity contribution in [3.63, 3.8) is 0 Å². The number of carbonyl (C=O) groups excluding carboxylic acids is 2. The molecular weight excluding hydrogens is 525 g/mol. The van der Waals surface area contributed by atoms with Crippen LogP contribution in [-0.2, 0) is 9.59 Å². The van der Waals surface area contributed by atoms with Gasteiger partial charge in [-0.1, -0.05) is 31.5 Å². The van der Waals surface area contributed by atoms with Crippen molar-refractivity contribution < 1.29 is 33.3 Å². The highest BCUT2D eigenvalue weighted by Gasteiger charge is 2.47. The number of nitrogens with zero attached hydrogens (tertiary/aromatic N) is 1. The Morgan fingerprint density at radius 3 is 2.31 bits per heavy atom. The summed E-state index contributed by atoms with van der Waals surface area (Å²) in [5, 5.41) is 11.2. The average Bonchev–Trinajstić information content (AvgIpc) is 3.18. The lowest BCUT2D eigenvalue weighted by molar-refractivity contribution is -0.132. The first-order chi connectivity index (χ1) is 18.6. The van der Waals surface area contributed by atoms with Gasteiger partial charge in [-0.05, 0) is 72.5 Å². The van der Waals surface area contributed by atoms with Crippen molar-refractivity contribution in [2.75, 3.05) is 25.7 Å². The Balaban J connectivity index is 1.90. The predicted molar refractivity (Wildman–Crippen MR) is 147 cm³/mol. The van der Waals surface area contributed by atoms with E-state index in [1.54, 1.807) is 36.4 Å². The van der Waals surface area contributed by atoms with Crippen molar-refractivity contribution in [1.82, 2.24) is 0 Å². The number of aliphatic hydroxyl groups is 1. The minimum absolute atomic E-state index is 0.136. The molecule has 0 aromatic heterocycles. The molecule has 0 aliphatic carbocycles. The number of aryl methyl sites for hydroxylation is 1. The minimum Gasteiger partial charge on any atom is -0.507 e. The normalized spacial score (nSPS) is 16.6. The summed E-state index contributed by atoms with van der Waals surface area (Å²) < 4.78 is 30.6. The van der Waals surface area contributed by atoms with Crippen LogP contribution in [0.2, 0.25) is 5.02 Å². The van der Waals surface area contributed by atoms with E-state index in [0.29, 0.717) is 40.9 Å². The van der Waals surface area contributed by atoms with Crippen molar-refractivity contribution in [2.24, 2.45) is 5.92 Å². The Labute approximate surface area is 231 Å². The number of hydrogen-bond acceptors (Lipinski definition) is 6. The van der Waals surface area contributed by atoms with Gasteiger partial charge in [0.15, 0.2) is 11.5 Å². The maximum absolute atomic E-state index is 14.0. The number of ether oxygens (including phenoxy) is 3. The van der Waals surface area contributed by atoms with E-state index in [4.69, 9.17) is 25.8 Å². The van der Waals surface area contributed by atoms with Crippen LogP contribution < -0.4 is 19.1 Å². The van der Waals surface area contributed by atoms with Gasteiger partial charge in [-0.3, -0.25) is 14.5 Å². The fraction of sp³-hybridized carbons (Fsp3) is 0.267. The third-order valence-electron chi connectivity index (χ3n) is 6.37. The highest BCUT2D eigenvalue weighted by atomic mass is 35.5. The highest BCUT2D eigenvalue weighted by molar-refractivity contribution is 6.51. The molecule has 1 atom stereocenters. The fourth-order valence-electron chi connectivity index (χ4n) is 4.44. The maximum atomic E-state index is 14.0. The van der Waals surface area contributed by atoms with Gasteiger partial charge in [-0.15, -0.1) is 0 Å². The Morgan fingerprint density at radius 1 is 1.00 bits per heavy atom. The van der Waals surface area contributed by atoms with Crippen LogP contribution in [0.15, 0.2) is 60.2 Å². The molecule has 7 nitrogen and oxygen atoms in total. The molecule has 1 N–H and O–H groups in total. The zero-order valence-electron chi connectivity index (χ0n) is 22.2. The van der Waals surface area contributed by atoms with Crippen LogP contribution in [0.3, 0.4) is 0 Å². The Kier molecular flexibility index (Phi) is 8.16. The zero-order chi connectivity index (χ0) is 28.4. The first kappa shape index (κ1) is 28.0. The lowest BCUT2D eigenvalue weighted by Crippen LogP contribution is -2.29. The average molecular weight is 554 g/mol. The van der Waals surface area contributed by atoms with E-state index >= 15 is 0 Å². The molecule has 9 heteroatoms. The molecule has 0 bridgehead atoms. The summed E-state index contributed by atoms with van der Waals surface area (Å²) in [6.45, 7) is 6.43. The number of carbonyl (C=O) groups is 2. The summed E-state index contributed by atoms with van der Waals surface area (Å²) in [6.07, 6.45) is 0. The summed E-state index contributed by atoms with van der Waals surface area (Å²) in [5.41, 5.74) is 1.60. The Hall–Kier alpha value is -4.04. The largest absolute Gasteiger partial charge is 0.507 e. The topological polar surface area (TPSA) is 85.3 Å². The number of rotatable bonds is 8. The number of ketones is 1. The van der Waals surface area contributed by atoms with Crippen molar-refractivity contribution in [2.45, 2.75) is 26.8 Å². The molecule has 1 saturated heterocycles. The van der Waals surface area contributed by atoms with Crippen LogP contribution in [0.5, 0.6) is 17.2 Å². The van der Waals surface area contributed by atoms with E-state index in [-0.39, 0.29) is 22.0 Å². The molecule has 4 rings (SSSR count). The molecule has 1 fully saturated rings. The molecule has 0 saturated carbocycles. The number of halogens is 2. The van der Waals surface area contributed by atoms with Gasteiger partial charge in [0.2, 0.25) is 0 Å². The standard InChI is InChI=1S/C30H29ClFNO6/c1-16(2)15-39-23-10-7-19(12-17(23)3)28(34)26-27(18-6-11-24(37-4)25(13-18)38-5)33(30(36)29(26)35)20-8-9-22(32)21(31)14-20/h6-14,16,27,34H,15H2,1-5H3/b28-26+. The van der Waals surface area contributed by atoms with Gasteiger partial charge in [0, 0.05) is 11.3 Å².